The van der Waals surface area contributed by atoms with Crippen LogP contribution in [-0.2, 0) is 0 Å². The Kier molecular flexibility index (Phi) is 5.70. The summed E-state index contributed by atoms with van der Waals surface area (Å²) in [7, 11) is 0. The van der Waals surface area contributed by atoms with Gasteiger partial charge in [-0.15, -0.1) is 0 Å². The lowest BCUT2D eigenvalue weighted by Gasteiger charge is -2.09. The van der Waals surface area contributed by atoms with E-state index in [0.29, 0.717) is 0 Å². The van der Waals surface area contributed by atoms with Crippen LogP contribution in [-0.4, -0.2) is 0 Å². The number of hydrazine groups is 1. The van der Waals surface area contributed by atoms with Gasteiger partial charge in [0, 0.05) is 11.4 Å². The van der Waals surface area contributed by atoms with Crippen LogP contribution < -0.4 is 22.3 Å². The zero-order valence-electron chi connectivity index (χ0n) is 12.2. The van der Waals surface area contributed by atoms with Gasteiger partial charge >= 0.3 is 0 Å². The maximum atomic E-state index is 5.59. The molecule has 0 aromatic heterocycles. The Bertz CT molecular complexity index is 652. The minimum absolute atomic E-state index is 0.764. The van der Waals surface area contributed by atoms with Gasteiger partial charge in [-0.3, -0.25) is 0 Å². The third-order valence-electron chi connectivity index (χ3n) is 2.84. The maximum absolute atomic E-state index is 5.59. The molecule has 0 saturated heterocycles. The van der Waals surface area contributed by atoms with Crippen LogP contribution >= 0.6 is 0 Å². The predicted octanol–water partition coefficient (Wildman–Crippen LogP) is 3.98. The summed E-state index contributed by atoms with van der Waals surface area (Å²) in [4.78, 5) is 0. The standard InChI is InChI=1S/C12H13N3.C6H7N/c13-10-6-8-12(9-7-10)15-14-11-4-2-1-3-5-11;7-6-4-2-1-3-5-6/h1-9,14-15H,13H2;1-5H,7H2. The zero-order valence-corrected chi connectivity index (χ0v) is 12.2. The molecule has 0 aliphatic rings. The van der Waals surface area contributed by atoms with E-state index < -0.39 is 0 Å². The number of nitrogen functional groups attached to an aromatic ring is 2. The molecule has 0 aliphatic heterocycles. The van der Waals surface area contributed by atoms with Crippen molar-refractivity contribution in [2.45, 2.75) is 0 Å². The fraction of sp³-hybridized carbons (Fsp3) is 0. The number of rotatable bonds is 3. The predicted molar refractivity (Wildman–Crippen MR) is 95.4 cm³/mol. The van der Waals surface area contributed by atoms with E-state index in [9.17, 15) is 0 Å². The molecule has 0 radical (unpaired) electrons. The van der Waals surface area contributed by atoms with E-state index in [-0.39, 0.29) is 0 Å². The molecule has 0 atom stereocenters. The summed E-state index contributed by atoms with van der Waals surface area (Å²) in [6.07, 6.45) is 0. The summed E-state index contributed by atoms with van der Waals surface area (Å²) in [6, 6.07) is 27.0. The smallest absolute Gasteiger partial charge is 0.0541 e. The number of benzene rings is 3. The summed E-state index contributed by atoms with van der Waals surface area (Å²) < 4.78 is 0. The molecule has 3 aromatic rings. The van der Waals surface area contributed by atoms with Crippen molar-refractivity contribution >= 4 is 22.7 Å². The normalized spacial score (nSPS) is 9.27. The molecule has 0 fully saturated rings. The summed E-state index contributed by atoms with van der Waals surface area (Å²) in [5.74, 6) is 0. The summed E-state index contributed by atoms with van der Waals surface area (Å²) >= 11 is 0. The molecule has 0 spiro atoms. The van der Waals surface area contributed by atoms with E-state index in [2.05, 4.69) is 10.9 Å². The zero-order chi connectivity index (χ0) is 15.6. The Labute approximate surface area is 130 Å². The highest BCUT2D eigenvalue weighted by molar-refractivity contribution is 5.55. The second-order valence-corrected chi connectivity index (χ2v) is 4.65. The van der Waals surface area contributed by atoms with Crippen molar-refractivity contribution in [2.75, 3.05) is 22.3 Å². The van der Waals surface area contributed by atoms with Gasteiger partial charge < -0.3 is 22.3 Å². The molecule has 4 heteroatoms. The van der Waals surface area contributed by atoms with Gasteiger partial charge in [-0.05, 0) is 48.5 Å². The van der Waals surface area contributed by atoms with Crippen LogP contribution in [0.25, 0.3) is 0 Å². The Morgan fingerprint density at radius 1 is 0.455 bits per heavy atom. The largest absolute Gasteiger partial charge is 0.399 e. The Balaban J connectivity index is 0.000000211. The second kappa shape index (κ2) is 8.21. The first-order valence-electron chi connectivity index (χ1n) is 6.97. The van der Waals surface area contributed by atoms with Crippen LogP contribution in [0.15, 0.2) is 84.9 Å². The van der Waals surface area contributed by atoms with Gasteiger partial charge in [-0.1, -0.05) is 36.4 Å². The van der Waals surface area contributed by atoms with E-state index in [1.165, 1.54) is 0 Å². The average Bonchev–Trinajstić information content (AvgIpc) is 2.57. The number of nitrogens with two attached hydrogens (primary N) is 2. The highest BCUT2D eigenvalue weighted by Crippen LogP contribution is 2.11. The van der Waals surface area contributed by atoms with E-state index >= 15 is 0 Å². The summed E-state index contributed by atoms with van der Waals surface area (Å²) in [5.41, 5.74) is 20.7. The highest BCUT2D eigenvalue weighted by atomic mass is 15.4. The van der Waals surface area contributed by atoms with Crippen molar-refractivity contribution in [3.8, 4) is 0 Å². The van der Waals surface area contributed by atoms with Crippen LogP contribution in [0.2, 0.25) is 0 Å². The van der Waals surface area contributed by atoms with Crippen molar-refractivity contribution in [3.63, 3.8) is 0 Å². The first-order chi connectivity index (χ1) is 10.7. The quantitative estimate of drug-likeness (QED) is 0.435. The van der Waals surface area contributed by atoms with Crippen LogP contribution in [0, 0.1) is 0 Å². The Morgan fingerprint density at radius 2 is 0.864 bits per heavy atom. The molecule has 0 amide bonds. The third-order valence-corrected chi connectivity index (χ3v) is 2.84. The lowest BCUT2D eigenvalue weighted by molar-refractivity contribution is 1.41. The van der Waals surface area contributed by atoms with Crippen LogP contribution in [0.4, 0.5) is 22.7 Å². The Hall–Kier alpha value is -3.14. The van der Waals surface area contributed by atoms with Crippen molar-refractivity contribution in [1.29, 1.82) is 0 Å². The molecule has 3 aromatic carbocycles. The van der Waals surface area contributed by atoms with E-state index in [1.54, 1.807) is 0 Å². The minimum atomic E-state index is 0.764. The molecule has 0 saturated carbocycles. The van der Waals surface area contributed by atoms with Crippen molar-refractivity contribution in [2.24, 2.45) is 0 Å². The topological polar surface area (TPSA) is 76.1 Å². The fourth-order valence-corrected chi connectivity index (χ4v) is 1.69. The van der Waals surface area contributed by atoms with Gasteiger partial charge in [0.15, 0.2) is 0 Å². The molecular formula is C18H20N4. The van der Waals surface area contributed by atoms with Crippen molar-refractivity contribution in [1.82, 2.24) is 0 Å². The Morgan fingerprint density at radius 3 is 1.32 bits per heavy atom. The first-order valence-corrected chi connectivity index (χ1v) is 6.97. The van der Waals surface area contributed by atoms with E-state index in [1.807, 2.05) is 84.9 Å². The fourth-order valence-electron chi connectivity index (χ4n) is 1.69. The lowest BCUT2D eigenvalue weighted by Crippen LogP contribution is -2.08. The van der Waals surface area contributed by atoms with Gasteiger partial charge in [0.1, 0.15) is 0 Å². The lowest BCUT2D eigenvalue weighted by atomic mass is 10.3. The summed E-state index contributed by atoms with van der Waals surface area (Å²) in [6.45, 7) is 0. The molecule has 4 nitrogen and oxygen atoms in total. The van der Waals surface area contributed by atoms with Gasteiger partial charge in [0.2, 0.25) is 0 Å². The number of anilines is 4. The SMILES string of the molecule is Nc1ccc(NNc2ccccc2)cc1.Nc1ccccc1. The molecule has 0 bridgehead atoms. The third kappa shape index (κ3) is 5.46. The molecule has 0 heterocycles. The van der Waals surface area contributed by atoms with Gasteiger partial charge in [0.25, 0.3) is 0 Å². The molecule has 3 rings (SSSR count). The van der Waals surface area contributed by atoms with Crippen LogP contribution in [0.3, 0.4) is 0 Å². The first kappa shape index (κ1) is 15.3. The monoisotopic (exact) mass is 292 g/mol. The maximum Gasteiger partial charge on any atom is 0.0541 e. The van der Waals surface area contributed by atoms with Gasteiger partial charge in [-0.25, -0.2) is 0 Å². The number of para-hydroxylation sites is 2. The molecule has 112 valence electrons. The average molecular weight is 292 g/mol. The van der Waals surface area contributed by atoms with Gasteiger partial charge in [0.05, 0.1) is 11.4 Å². The van der Waals surface area contributed by atoms with Crippen LogP contribution in [0.5, 0.6) is 0 Å². The number of nitrogens with one attached hydrogen (secondary N) is 2. The number of hydrogen-bond donors (Lipinski definition) is 4. The number of hydrogen-bond acceptors (Lipinski definition) is 4. The van der Waals surface area contributed by atoms with Crippen molar-refractivity contribution in [3.05, 3.63) is 84.9 Å². The second-order valence-electron chi connectivity index (χ2n) is 4.65. The van der Waals surface area contributed by atoms with Gasteiger partial charge in [-0.2, -0.15) is 0 Å². The van der Waals surface area contributed by atoms with E-state index in [0.717, 1.165) is 22.7 Å². The van der Waals surface area contributed by atoms with Crippen LogP contribution in [0.1, 0.15) is 0 Å². The summed E-state index contributed by atoms with van der Waals surface area (Å²) in [5, 5.41) is 0. The molecule has 6 N–H and O–H groups in total. The highest BCUT2D eigenvalue weighted by Gasteiger charge is 1.91. The molecule has 0 aliphatic carbocycles. The minimum Gasteiger partial charge on any atom is -0.399 e. The molecule has 0 unspecified atom stereocenters. The van der Waals surface area contributed by atoms with E-state index in [4.69, 9.17) is 11.5 Å². The molecule has 22 heavy (non-hydrogen) atoms. The molecular weight excluding hydrogens is 272 g/mol. The van der Waals surface area contributed by atoms with Crippen molar-refractivity contribution < 1.29 is 0 Å².